The van der Waals surface area contributed by atoms with Gasteiger partial charge in [-0.25, -0.2) is 4.98 Å². The lowest BCUT2D eigenvalue weighted by molar-refractivity contribution is -0.113. The molecule has 1 amide bonds. The first-order valence-electron chi connectivity index (χ1n) is 6.24. The minimum absolute atomic E-state index is 0.134. The van der Waals surface area contributed by atoms with Gasteiger partial charge in [0.25, 0.3) is 5.56 Å². The number of aromatic nitrogens is 2. The Bertz CT molecular complexity index is 637. The number of carbonyl (C=O) groups is 1. The Morgan fingerprint density at radius 3 is 2.70 bits per heavy atom. The summed E-state index contributed by atoms with van der Waals surface area (Å²) in [4.78, 5) is 29.4. The van der Waals surface area contributed by atoms with Gasteiger partial charge in [-0.15, -0.1) is 0 Å². The smallest absolute Gasteiger partial charge is 0.251 e. The number of aromatic amines is 1. The lowest BCUT2D eigenvalue weighted by atomic mass is 10.1. The largest absolute Gasteiger partial charge is 0.325 e. The van der Waals surface area contributed by atoms with Crippen LogP contribution >= 0.6 is 11.8 Å². The van der Waals surface area contributed by atoms with E-state index in [-0.39, 0.29) is 17.2 Å². The summed E-state index contributed by atoms with van der Waals surface area (Å²) in [6.45, 7) is 2.08. The average Bonchev–Trinajstić information content (AvgIpc) is 2.46. The van der Waals surface area contributed by atoms with Gasteiger partial charge >= 0.3 is 0 Å². The molecule has 0 aliphatic rings. The average molecular weight is 289 g/mol. The van der Waals surface area contributed by atoms with Crippen LogP contribution in [0.3, 0.4) is 0 Å². The second kappa shape index (κ2) is 6.91. The van der Waals surface area contributed by atoms with Gasteiger partial charge in [0.15, 0.2) is 5.16 Å². The van der Waals surface area contributed by atoms with Gasteiger partial charge < -0.3 is 10.3 Å². The molecule has 0 fully saturated rings. The fourth-order valence-electron chi connectivity index (χ4n) is 1.58. The van der Waals surface area contributed by atoms with Crippen molar-refractivity contribution in [2.75, 3.05) is 11.1 Å². The maximum atomic E-state index is 11.8. The quantitative estimate of drug-likeness (QED) is 0.652. The van der Waals surface area contributed by atoms with Crippen molar-refractivity contribution in [3.05, 3.63) is 52.4 Å². The summed E-state index contributed by atoms with van der Waals surface area (Å²) in [6, 6.07) is 9.06. The molecule has 2 rings (SSSR count). The summed E-state index contributed by atoms with van der Waals surface area (Å²) in [7, 11) is 0. The number of rotatable bonds is 5. The van der Waals surface area contributed by atoms with Gasteiger partial charge in [0.05, 0.1) is 5.75 Å². The van der Waals surface area contributed by atoms with E-state index >= 15 is 0 Å². The van der Waals surface area contributed by atoms with Crippen molar-refractivity contribution in [1.82, 2.24) is 9.97 Å². The molecule has 20 heavy (non-hydrogen) atoms. The number of nitrogens with zero attached hydrogens (tertiary/aromatic N) is 1. The van der Waals surface area contributed by atoms with E-state index in [9.17, 15) is 9.59 Å². The van der Waals surface area contributed by atoms with Gasteiger partial charge in [0, 0.05) is 18.0 Å². The number of carbonyl (C=O) groups excluding carboxylic acids is 1. The van der Waals surface area contributed by atoms with Crippen LogP contribution in [0.25, 0.3) is 0 Å². The second-order valence-corrected chi connectivity index (χ2v) is 5.09. The van der Waals surface area contributed by atoms with Crippen LogP contribution < -0.4 is 10.9 Å². The summed E-state index contributed by atoms with van der Waals surface area (Å²) in [5.74, 6) is 0.0633. The van der Waals surface area contributed by atoms with Crippen molar-refractivity contribution in [1.29, 1.82) is 0 Å². The van der Waals surface area contributed by atoms with E-state index in [0.29, 0.717) is 5.16 Å². The number of hydrogen-bond donors (Lipinski definition) is 2. The predicted octanol–water partition coefficient (Wildman–Crippen LogP) is 2.06. The molecule has 0 aliphatic carbocycles. The third-order valence-corrected chi connectivity index (χ3v) is 3.52. The van der Waals surface area contributed by atoms with Crippen molar-refractivity contribution < 1.29 is 4.79 Å². The molecule has 0 bridgehead atoms. The standard InChI is InChI=1S/C14H15N3O2S/c1-2-10-3-5-11(6-4-10)16-13(19)9-20-14-15-8-7-12(18)17-14/h3-8H,2,9H2,1H3,(H,16,19)(H,15,17,18). The van der Waals surface area contributed by atoms with E-state index in [1.165, 1.54) is 29.6 Å². The molecular formula is C14H15N3O2S. The Morgan fingerprint density at radius 2 is 2.05 bits per heavy atom. The van der Waals surface area contributed by atoms with Crippen LogP contribution in [-0.2, 0) is 11.2 Å². The van der Waals surface area contributed by atoms with E-state index in [1.807, 2.05) is 24.3 Å². The number of thioether (sulfide) groups is 1. The van der Waals surface area contributed by atoms with Gasteiger partial charge in [0.2, 0.25) is 5.91 Å². The first-order valence-corrected chi connectivity index (χ1v) is 7.23. The highest BCUT2D eigenvalue weighted by Gasteiger charge is 2.05. The Balaban J connectivity index is 1.87. The number of amides is 1. The Kier molecular flexibility index (Phi) is 4.95. The van der Waals surface area contributed by atoms with Gasteiger partial charge in [-0.2, -0.15) is 0 Å². The van der Waals surface area contributed by atoms with Crippen LogP contribution in [0, 0.1) is 0 Å². The number of anilines is 1. The number of aryl methyl sites for hydroxylation is 1. The van der Waals surface area contributed by atoms with Crippen molar-refractivity contribution in [2.45, 2.75) is 18.5 Å². The van der Waals surface area contributed by atoms with Crippen LogP contribution in [0.5, 0.6) is 0 Å². The van der Waals surface area contributed by atoms with Crippen molar-refractivity contribution >= 4 is 23.4 Å². The zero-order valence-electron chi connectivity index (χ0n) is 11.1. The van der Waals surface area contributed by atoms with E-state index < -0.39 is 0 Å². The number of H-pyrrole nitrogens is 1. The second-order valence-electron chi connectivity index (χ2n) is 4.13. The summed E-state index contributed by atoms with van der Waals surface area (Å²) >= 11 is 1.19. The molecule has 104 valence electrons. The van der Waals surface area contributed by atoms with E-state index in [2.05, 4.69) is 22.2 Å². The number of hydrogen-bond acceptors (Lipinski definition) is 4. The summed E-state index contributed by atoms with van der Waals surface area (Å²) < 4.78 is 0. The zero-order valence-corrected chi connectivity index (χ0v) is 11.9. The molecule has 6 heteroatoms. The van der Waals surface area contributed by atoms with E-state index in [0.717, 1.165) is 12.1 Å². The molecule has 0 saturated heterocycles. The maximum absolute atomic E-state index is 11.8. The fraction of sp³-hybridized carbons (Fsp3) is 0.214. The van der Waals surface area contributed by atoms with Gasteiger partial charge in [0.1, 0.15) is 0 Å². The van der Waals surface area contributed by atoms with E-state index in [1.54, 1.807) is 0 Å². The van der Waals surface area contributed by atoms with Gasteiger partial charge in [-0.3, -0.25) is 9.59 Å². The lowest BCUT2D eigenvalue weighted by Crippen LogP contribution is -2.15. The molecule has 1 aromatic heterocycles. The molecule has 5 nitrogen and oxygen atoms in total. The fourth-order valence-corrected chi connectivity index (χ4v) is 2.23. The molecule has 0 saturated carbocycles. The highest BCUT2D eigenvalue weighted by Crippen LogP contribution is 2.13. The van der Waals surface area contributed by atoms with Crippen molar-refractivity contribution in [3.63, 3.8) is 0 Å². The molecule has 1 heterocycles. The molecule has 0 aliphatic heterocycles. The molecule has 2 N–H and O–H groups in total. The molecule has 0 spiro atoms. The van der Waals surface area contributed by atoms with E-state index in [4.69, 9.17) is 0 Å². The minimum atomic E-state index is -0.224. The van der Waals surface area contributed by atoms with Crippen molar-refractivity contribution in [3.8, 4) is 0 Å². The molecular weight excluding hydrogens is 274 g/mol. The first-order chi connectivity index (χ1) is 9.67. The van der Waals surface area contributed by atoms with Gasteiger partial charge in [-0.1, -0.05) is 30.8 Å². The molecule has 0 radical (unpaired) electrons. The van der Waals surface area contributed by atoms with Crippen LogP contribution in [0.2, 0.25) is 0 Å². The molecule has 1 aromatic carbocycles. The zero-order chi connectivity index (χ0) is 14.4. The predicted molar refractivity (Wildman–Crippen MR) is 80.0 cm³/mol. The highest BCUT2D eigenvalue weighted by atomic mass is 32.2. The highest BCUT2D eigenvalue weighted by molar-refractivity contribution is 7.99. The van der Waals surface area contributed by atoms with Crippen molar-refractivity contribution in [2.24, 2.45) is 0 Å². The third-order valence-electron chi connectivity index (χ3n) is 2.63. The Hall–Kier alpha value is -2.08. The monoisotopic (exact) mass is 289 g/mol. The number of nitrogens with one attached hydrogen (secondary N) is 2. The summed E-state index contributed by atoms with van der Waals surface area (Å²) in [6.07, 6.45) is 2.39. The topological polar surface area (TPSA) is 74.8 Å². The summed E-state index contributed by atoms with van der Waals surface area (Å²) in [5.41, 5.74) is 1.77. The number of benzene rings is 1. The van der Waals surface area contributed by atoms with Crippen LogP contribution in [0.4, 0.5) is 5.69 Å². The SMILES string of the molecule is CCc1ccc(NC(=O)CSc2nccc(=O)[nH]2)cc1. The first kappa shape index (κ1) is 14.3. The Morgan fingerprint density at radius 1 is 1.30 bits per heavy atom. The molecule has 2 aromatic rings. The van der Waals surface area contributed by atoms with Gasteiger partial charge in [-0.05, 0) is 24.1 Å². The van der Waals surface area contributed by atoms with Crippen LogP contribution in [0.15, 0.2) is 46.5 Å². The normalized spacial score (nSPS) is 10.2. The maximum Gasteiger partial charge on any atom is 0.251 e. The summed E-state index contributed by atoms with van der Waals surface area (Å²) in [5, 5.41) is 3.24. The minimum Gasteiger partial charge on any atom is -0.325 e. The Labute approximate surface area is 120 Å². The lowest BCUT2D eigenvalue weighted by Gasteiger charge is -2.05. The third kappa shape index (κ3) is 4.24. The molecule has 0 atom stereocenters. The molecule has 0 unspecified atom stereocenters. The van der Waals surface area contributed by atoms with Crippen LogP contribution in [0.1, 0.15) is 12.5 Å². The van der Waals surface area contributed by atoms with Crippen LogP contribution in [-0.4, -0.2) is 21.6 Å².